The first-order chi connectivity index (χ1) is 11.5. The van der Waals surface area contributed by atoms with E-state index in [2.05, 4.69) is 25.2 Å². The second kappa shape index (κ2) is 5.11. The molecule has 0 saturated heterocycles. The van der Waals surface area contributed by atoms with Gasteiger partial charge in [-0.2, -0.15) is 5.10 Å². The molecular formula is C14H10ClN5O3S. The number of hydrogen-bond acceptors (Lipinski definition) is 6. The standard InChI is InChI=1S/C14H10ClN5O3S/c15-8-4-5-11(21)12-13(8)24(22,23)20-14(18-12)17-9-2-1-3-10-7(9)6-16-19-10/h1-6,21H,(H,16,19)(H2,17,18,20). The van der Waals surface area contributed by atoms with Crippen molar-refractivity contribution in [2.75, 3.05) is 5.32 Å². The molecule has 0 radical (unpaired) electrons. The molecule has 0 unspecified atom stereocenters. The van der Waals surface area contributed by atoms with Gasteiger partial charge in [0, 0.05) is 5.39 Å². The van der Waals surface area contributed by atoms with Crippen LogP contribution in [0.2, 0.25) is 5.02 Å². The molecule has 3 aromatic rings. The van der Waals surface area contributed by atoms with Crippen LogP contribution in [0, 0.1) is 0 Å². The Bertz CT molecular complexity index is 1110. The van der Waals surface area contributed by atoms with E-state index in [1.54, 1.807) is 18.3 Å². The molecule has 0 bridgehead atoms. The third-order valence-corrected chi connectivity index (χ3v) is 5.36. The van der Waals surface area contributed by atoms with Crippen LogP contribution < -0.4 is 10.0 Å². The first-order valence-corrected chi connectivity index (χ1v) is 8.64. The van der Waals surface area contributed by atoms with Gasteiger partial charge >= 0.3 is 0 Å². The molecule has 24 heavy (non-hydrogen) atoms. The maximum Gasteiger partial charge on any atom is 0.267 e. The van der Waals surface area contributed by atoms with Crippen molar-refractivity contribution in [3.05, 3.63) is 41.6 Å². The Labute approximate surface area is 141 Å². The van der Waals surface area contributed by atoms with Crippen LogP contribution in [0.15, 0.2) is 46.4 Å². The summed E-state index contributed by atoms with van der Waals surface area (Å²) in [6.07, 6.45) is 1.61. The summed E-state index contributed by atoms with van der Waals surface area (Å²) in [6, 6.07) is 7.96. The number of phenols is 1. The zero-order valence-corrected chi connectivity index (χ0v) is 13.5. The molecule has 122 valence electrons. The van der Waals surface area contributed by atoms with E-state index in [4.69, 9.17) is 11.6 Å². The number of rotatable bonds is 1. The monoisotopic (exact) mass is 363 g/mol. The Kier molecular flexibility index (Phi) is 3.15. The molecule has 8 nitrogen and oxygen atoms in total. The predicted molar refractivity (Wildman–Crippen MR) is 90.2 cm³/mol. The largest absolute Gasteiger partial charge is 0.506 e. The van der Waals surface area contributed by atoms with Gasteiger partial charge in [-0.25, -0.2) is 18.1 Å². The van der Waals surface area contributed by atoms with Crippen molar-refractivity contribution in [3.8, 4) is 5.75 Å². The number of nitrogens with one attached hydrogen (secondary N) is 3. The number of benzene rings is 2. The van der Waals surface area contributed by atoms with E-state index in [1.165, 1.54) is 12.1 Å². The number of aromatic hydroxyl groups is 1. The minimum atomic E-state index is -3.96. The van der Waals surface area contributed by atoms with Gasteiger partial charge in [0.2, 0.25) is 5.96 Å². The maximum atomic E-state index is 12.4. The molecule has 0 atom stereocenters. The zero-order chi connectivity index (χ0) is 16.9. The smallest absolute Gasteiger partial charge is 0.267 e. The summed E-state index contributed by atoms with van der Waals surface area (Å²) >= 11 is 5.94. The van der Waals surface area contributed by atoms with E-state index in [-0.39, 0.29) is 27.3 Å². The first kappa shape index (κ1) is 14.8. The minimum Gasteiger partial charge on any atom is -0.506 e. The van der Waals surface area contributed by atoms with Gasteiger partial charge in [-0.1, -0.05) is 17.7 Å². The van der Waals surface area contributed by atoms with E-state index < -0.39 is 10.0 Å². The Morgan fingerprint density at radius 1 is 1.21 bits per heavy atom. The number of aromatic amines is 1. The lowest BCUT2D eigenvalue weighted by atomic mass is 10.2. The van der Waals surface area contributed by atoms with Crippen LogP contribution in [-0.4, -0.2) is 29.7 Å². The van der Waals surface area contributed by atoms with E-state index in [9.17, 15) is 13.5 Å². The van der Waals surface area contributed by atoms with Crippen LogP contribution in [0.1, 0.15) is 0 Å². The summed E-state index contributed by atoms with van der Waals surface area (Å²) in [7, 11) is -3.96. The van der Waals surface area contributed by atoms with Crippen LogP contribution in [-0.2, 0) is 10.0 Å². The quantitative estimate of drug-likeness (QED) is 0.529. The van der Waals surface area contributed by atoms with Crippen LogP contribution in [0.3, 0.4) is 0 Å². The fraction of sp³-hybridized carbons (Fsp3) is 0. The summed E-state index contributed by atoms with van der Waals surface area (Å²) in [5.41, 5.74) is 1.28. The molecule has 2 aromatic carbocycles. The highest BCUT2D eigenvalue weighted by Gasteiger charge is 2.30. The van der Waals surface area contributed by atoms with Gasteiger partial charge in [0.05, 0.1) is 22.4 Å². The van der Waals surface area contributed by atoms with Gasteiger partial charge < -0.3 is 10.4 Å². The summed E-state index contributed by atoms with van der Waals surface area (Å²) < 4.78 is 27.1. The summed E-state index contributed by atoms with van der Waals surface area (Å²) in [4.78, 5) is 3.88. The Morgan fingerprint density at radius 2 is 2.04 bits per heavy atom. The second-order valence-corrected chi connectivity index (χ2v) is 7.10. The topological polar surface area (TPSA) is 119 Å². The number of nitrogens with zero attached hydrogens (tertiary/aromatic N) is 2. The molecule has 0 spiro atoms. The molecule has 1 aliphatic rings. The lowest BCUT2D eigenvalue weighted by molar-refractivity contribution is 0.474. The van der Waals surface area contributed by atoms with Crippen molar-refractivity contribution in [1.29, 1.82) is 0 Å². The molecule has 0 fully saturated rings. The van der Waals surface area contributed by atoms with E-state index in [1.807, 2.05) is 6.07 Å². The Morgan fingerprint density at radius 3 is 2.88 bits per heavy atom. The molecule has 1 aromatic heterocycles. The average Bonchev–Trinajstić information content (AvgIpc) is 2.99. The van der Waals surface area contributed by atoms with Crippen molar-refractivity contribution in [2.45, 2.75) is 4.90 Å². The normalized spacial score (nSPS) is 15.5. The van der Waals surface area contributed by atoms with Crippen molar-refractivity contribution in [1.82, 2.24) is 14.9 Å². The van der Waals surface area contributed by atoms with Crippen molar-refractivity contribution in [2.24, 2.45) is 4.99 Å². The number of aromatic nitrogens is 2. The van der Waals surface area contributed by atoms with Crippen molar-refractivity contribution >= 4 is 49.9 Å². The van der Waals surface area contributed by atoms with Crippen LogP contribution in [0.25, 0.3) is 10.9 Å². The van der Waals surface area contributed by atoms with E-state index >= 15 is 0 Å². The van der Waals surface area contributed by atoms with Crippen LogP contribution >= 0.6 is 11.6 Å². The molecule has 4 N–H and O–H groups in total. The lowest BCUT2D eigenvalue weighted by Crippen LogP contribution is -2.38. The zero-order valence-electron chi connectivity index (χ0n) is 11.9. The SMILES string of the molecule is O=S1(=O)NC(Nc2cccc3[nH]ncc23)=Nc2c(O)ccc(Cl)c21. The van der Waals surface area contributed by atoms with Crippen LogP contribution in [0.5, 0.6) is 5.75 Å². The number of guanidine groups is 1. The third-order valence-electron chi connectivity index (χ3n) is 3.52. The van der Waals surface area contributed by atoms with Gasteiger partial charge in [-0.3, -0.25) is 5.10 Å². The summed E-state index contributed by atoms with van der Waals surface area (Å²) in [5.74, 6) is -0.325. The number of sulfonamides is 1. The molecule has 2 heterocycles. The molecule has 4 rings (SSSR count). The maximum absolute atomic E-state index is 12.4. The minimum absolute atomic E-state index is 0.0185. The Hall–Kier alpha value is -2.78. The number of anilines is 1. The van der Waals surface area contributed by atoms with Crippen LogP contribution in [0.4, 0.5) is 11.4 Å². The number of hydrogen-bond donors (Lipinski definition) is 4. The average molecular weight is 364 g/mol. The van der Waals surface area contributed by atoms with Gasteiger partial charge in [0.15, 0.2) is 0 Å². The van der Waals surface area contributed by atoms with Crippen molar-refractivity contribution < 1.29 is 13.5 Å². The lowest BCUT2D eigenvalue weighted by Gasteiger charge is -2.20. The molecule has 0 amide bonds. The van der Waals surface area contributed by atoms with E-state index in [0.717, 1.165) is 10.9 Å². The number of H-pyrrole nitrogens is 1. The highest BCUT2D eigenvalue weighted by Crippen LogP contribution is 2.40. The number of halogens is 1. The molecule has 0 aliphatic carbocycles. The summed E-state index contributed by atoms with van der Waals surface area (Å²) in [5, 5.41) is 20.3. The molecular weight excluding hydrogens is 354 g/mol. The third kappa shape index (κ3) is 2.25. The highest BCUT2D eigenvalue weighted by molar-refractivity contribution is 7.90. The molecule has 1 aliphatic heterocycles. The van der Waals surface area contributed by atoms with E-state index in [0.29, 0.717) is 5.69 Å². The van der Waals surface area contributed by atoms with Gasteiger partial charge in [0.25, 0.3) is 10.0 Å². The number of fused-ring (bicyclic) bond motifs is 2. The fourth-order valence-electron chi connectivity index (χ4n) is 2.47. The summed E-state index contributed by atoms with van der Waals surface area (Å²) in [6.45, 7) is 0. The first-order valence-electron chi connectivity index (χ1n) is 6.78. The molecule has 10 heteroatoms. The Balaban J connectivity index is 1.84. The fourth-order valence-corrected chi connectivity index (χ4v) is 4.11. The van der Waals surface area contributed by atoms with Gasteiger partial charge in [-0.05, 0) is 24.3 Å². The van der Waals surface area contributed by atoms with Gasteiger partial charge in [-0.15, -0.1) is 0 Å². The second-order valence-electron chi connectivity index (χ2n) is 5.07. The molecule has 0 saturated carbocycles. The van der Waals surface area contributed by atoms with Gasteiger partial charge in [0.1, 0.15) is 16.3 Å². The highest BCUT2D eigenvalue weighted by atomic mass is 35.5. The number of phenolic OH excluding ortho intramolecular Hbond substituents is 1. The van der Waals surface area contributed by atoms with Crippen molar-refractivity contribution in [3.63, 3.8) is 0 Å². The number of aliphatic imine (C=N–C) groups is 1. The predicted octanol–water partition coefficient (Wildman–Crippen LogP) is 2.31.